The highest BCUT2D eigenvalue weighted by molar-refractivity contribution is 6.17. The molecule has 2 atom stereocenters. The maximum absolute atomic E-state index is 13.1. The monoisotopic (exact) mass is 401 g/mol. The van der Waals surface area contributed by atoms with Crippen LogP contribution in [0.4, 0.5) is 13.2 Å². The van der Waals surface area contributed by atoms with Crippen LogP contribution in [0.1, 0.15) is 47.9 Å². The number of benzene rings is 2. The van der Waals surface area contributed by atoms with Crippen LogP contribution < -0.4 is 5.32 Å². The summed E-state index contributed by atoms with van der Waals surface area (Å²) in [4.78, 5) is 25.4. The van der Waals surface area contributed by atoms with Crippen LogP contribution in [0.3, 0.4) is 0 Å². The number of aryl methyl sites for hydroxylation is 2. The summed E-state index contributed by atoms with van der Waals surface area (Å²) in [5, 5.41) is 2.88. The van der Waals surface area contributed by atoms with E-state index in [1.807, 2.05) is 0 Å². The highest BCUT2D eigenvalue weighted by atomic mass is 19.4. The second-order valence-corrected chi connectivity index (χ2v) is 8.36. The van der Waals surface area contributed by atoms with E-state index < -0.39 is 23.2 Å². The molecule has 0 bridgehead atoms. The van der Waals surface area contributed by atoms with E-state index in [-0.39, 0.29) is 23.2 Å². The second-order valence-electron chi connectivity index (χ2n) is 8.36. The average Bonchev–Trinajstić information content (AvgIpc) is 3.45. The van der Waals surface area contributed by atoms with Gasteiger partial charge >= 0.3 is 6.18 Å². The van der Waals surface area contributed by atoms with Gasteiger partial charge in [-0.1, -0.05) is 30.3 Å². The van der Waals surface area contributed by atoms with Gasteiger partial charge in [0.15, 0.2) is 5.78 Å². The predicted molar refractivity (Wildman–Crippen MR) is 103 cm³/mol. The van der Waals surface area contributed by atoms with E-state index in [9.17, 15) is 22.8 Å². The number of rotatable bonds is 3. The third-order valence-electron chi connectivity index (χ3n) is 6.24. The van der Waals surface area contributed by atoms with E-state index in [4.69, 9.17) is 0 Å². The zero-order chi connectivity index (χ0) is 21.1. The van der Waals surface area contributed by atoms with E-state index in [2.05, 4.69) is 5.32 Å². The molecule has 1 aliphatic carbocycles. The standard InChI is InChI=1S/C23H22F3NO2/c1-12-11-18(23(24,25)26)13(2)10-17(12)14-4-6-15(7-5-14)19-20(28)22(3,16-8-9-16)27-21(19)29/h4-7,10-11,16,19H,8-9H2,1-3H3,(H,27,29). The molecule has 4 rings (SSSR count). The molecule has 1 N–H and O–H groups in total. The smallest absolute Gasteiger partial charge is 0.343 e. The van der Waals surface area contributed by atoms with Crippen molar-refractivity contribution in [3.8, 4) is 11.1 Å². The van der Waals surface area contributed by atoms with Crippen molar-refractivity contribution in [1.82, 2.24) is 5.32 Å². The summed E-state index contributed by atoms with van der Waals surface area (Å²) in [7, 11) is 0. The van der Waals surface area contributed by atoms with E-state index in [1.165, 1.54) is 13.0 Å². The molecule has 152 valence electrons. The Kier molecular flexibility index (Phi) is 4.37. The van der Waals surface area contributed by atoms with Gasteiger partial charge in [-0.15, -0.1) is 0 Å². The lowest BCUT2D eigenvalue weighted by atomic mass is 9.84. The predicted octanol–water partition coefficient (Wildman–Crippen LogP) is 4.94. The van der Waals surface area contributed by atoms with Crippen molar-refractivity contribution in [2.24, 2.45) is 5.92 Å². The van der Waals surface area contributed by atoms with E-state index in [1.54, 1.807) is 38.1 Å². The number of hydrogen-bond donors (Lipinski definition) is 1. The summed E-state index contributed by atoms with van der Waals surface area (Å²) in [5.74, 6) is -0.996. The quantitative estimate of drug-likeness (QED) is 0.741. The summed E-state index contributed by atoms with van der Waals surface area (Å²) < 4.78 is 39.3. The SMILES string of the molecule is Cc1cc(C(F)(F)F)c(C)cc1-c1ccc(C2C(=O)NC(C)(C3CC3)C2=O)cc1. The lowest BCUT2D eigenvalue weighted by molar-refractivity contribution is -0.138. The van der Waals surface area contributed by atoms with Crippen LogP contribution in [-0.2, 0) is 15.8 Å². The first kappa shape index (κ1) is 19.7. The van der Waals surface area contributed by atoms with Crippen LogP contribution in [-0.4, -0.2) is 17.2 Å². The Morgan fingerprint density at radius 1 is 1.00 bits per heavy atom. The van der Waals surface area contributed by atoms with Crippen LogP contribution in [0.5, 0.6) is 0 Å². The third-order valence-corrected chi connectivity index (χ3v) is 6.24. The van der Waals surface area contributed by atoms with Gasteiger partial charge in [-0.05, 0) is 73.4 Å². The van der Waals surface area contributed by atoms with Gasteiger partial charge in [-0.3, -0.25) is 9.59 Å². The molecular formula is C23H22F3NO2. The minimum Gasteiger partial charge on any atom is -0.343 e. The number of alkyl halides is 3. The molecule has 29 heavy (non-hydrogen) atoms. The Morgan fingerprint density at radius 2 is 1.62 bits per heavy atom. The highest BCUT2D eigenvalue weighted by Gasteiger charge is 2.57. The first-order valence-corrected chi connectivity index (χ1v) is 9.67. The molecule has 0 aromatic heterocycles. The maximum atomic E-state index is 13.1. The summed E-state index contributed by atoms with van der Waals surface area (Å²) in [6, 6.07) is 9.67. The van der Waals surface area contributed by atoms with Crippen LogP contribution >= 0.6 is 0 Å². The van der Waals surface area contributed by atoms with Gasteiger partial charge in [0.2, 0.25) is 5.91 Å². The molecule has 2 aromatic rings. The molecule has 6 heteroatoms. The van der Waals surface area contributed by atoms with Crippen molar-refractivity contribution in [3.63, 3.8) is 0 Å². The first-order valence-electron chi connectivity index (χ1n) is 9.67. The minimum absolute atomic E-state index is 0.0979. The zero-order valence-electron chi connectivity index (χ0n) is 16.5. The van der Waals surface area contributed by atoms with Gasteiger partial charge in [-0.25, -0.2) is 0 Å². The topological polar surface area (TPSA) is 46.2 Å². The van der Waals surface area contributed by atoms with Crippen molar-refractivity contribution in [2.45, 2.75) is 51.2 Å². The van der Waals surface area contributed by atoms with Gasteiger partial charge in [0.05, 0.1) is 11.1 Å². The number of nitrogens with one attached hydrogen (secondary N) is 1. The van der Waals surface area contributed by atoms with Crippen LogP contribution in [0.2, 0.25) is 0 Å². The fourth-order valence-corrected chi connectivity index (χ4v) is 4.36. The van der Waals surface area contributed by atoms with Crippen molar-refractivity contribution in [1.29, 1.82) is 0 Å². The molecule has 1 amide bonds. The van der Waals surface area contributed by atoms with Gasteiger partial charge < -0.3 is 5.32 Å². The number of hydrogen-bond acceptors (Lipinski definition) is 2. The lowest BCUT2D eigenvalue weighted by Gasteiger charge is -2.21. The molecule has 1 saturated heterocycles. The Labute approximate surface area is 167 Å². The zero-order valence-corrected chi connectivity index (χ0v) is 16.5. The molecule has 2 fully saturated rings. The van der Waals surface area contributed by atoms with Crippen molar-refractivity contribution < 1.29 is 22.8 Å². The largest absolute Gasteiger partial charge is 0.416 e. The Bertz CT molecular complexity index is 1010. The maximum Gasteiger partial charge on any atom is 0.416 e. The second kappa shape index (κ2) is 6.44. The number of ketones is 1. The van der Waals surface area contributed by atoms with E-state index >= 15 is 0 Å². The number of carbonyl (C=O) groups is 2. The van der Waals surface area contributed by atoms with Crippen LogP contribution in [0.15, 0.2) is 36.4 Å². The highest BCUT2D eigenvalue weighted by Crippen LogP contribution is 2.45. The molecule has 2 unspecified atom stereocenters. The molecule has 0 spiro atoms. The van der Waals surface area contributed by atoms with Gasteiger partial charge in [0.25, 0.3) is 0 Å². The van der Waals surface area contributed by atoms with Gasteiger partial charge in [-0.2, -0.15) is 13.2 Å². The summed E-state index contributed by atoms with van der Waals surface area (Å²) >= 11 is 0. The van der Waals surface area contributed by atoms with E-state index in [0.29, 0.717) is 16.7 Å². The molecule has 1 aliphatic heterocycles. The van der Waals surface area contributed by atoms with Crippen molar-refractivity contribution in [3.05, 3.63) is 58.7 Å². The van der Waals surface area contributed by atoms with Gasteiger partial charge in [0.1, 0.15) is 5.92 Å². The summed E-state index contributed by atoms with van der Waals surface area (Å²) in [6.07, 6.45) is -2.50. The molecule has 1 heterocycles. The molecule has 3 nitrogen and oxygen atoms in total. The van der Waals surface area contributed by atoms with Gasteiger partial charge in [0, 0.05) is 0 Å². The Morgan fingerprint density at radius 3 is 2.17 bits per heavy atom. The number of Topliss-reactive ketones (excluding diaryl/α,β-unsaturated/α-hetero) is 1. The molecular weight excluding hydrogens is 379 g/mol. The fraction of sp³-hybridized carbons (Fsp3) is 0.391. The molecule has 0 radical (unpaired) electrons. The van der Waals surface area contributed by atoms with Crippen LogP contribution in [0.25, 0.3) is 11.1 Å². The number of amides is 1. The Hall–Kier alpha value is -2.63. The summed E-state index contributed by atoms with van der Waals surface area (Å²) in [5.41, 5.74) is 1.32. The van der Waals surface area contributed by atoms with E-state index in [0.717, 1.165) is 24.5 Å². The minimum atomic E-state index is -4.39. The van der Waals surface area contributed by atoms with Crippen LogP contribution in [0, 0.1) is 19.8 Å². The van der Waals surface area contributed by atoms with Crippen molar-refractivity contribution in [2.75, 3.05) is 0 Å². The normalized spacial score (nSPS) is 24.7. The molecule has 2 aliphatic rings. The Balaban J connectivity index is 1.65. The average molecular weight is 401 g/mol. The lowest BCUT2D eigenvalue weighted by Crippen LogP contribution is -2.45. The molecule has 2 aromatic carbocycles. The first-order chi connectivity index (χ1) is 13.5. The van der Waals surface area contributed by atoms with Crippen molar-refractivity contribution >= 4 is 11.7 Å². The third kappa shape index (κ3) is 3.24. The fourth-order valence-electron chi connectivity index (χ4n) is 4.36. The molecule has 1 saturated carbocycles. The summed E-state index contributed by atoms with van der Waals surface area (Å²) in [6.45, 7) is 4.89. The number of carbonyl (C=O) groups excluding carboxylic acids is 2. The number of halogens is 3.